The summed E-state index contributed by atoms with van der Waals surface area (Å²) in [4.78, 5) is 2.08. The van der Waals surface area contributed by atoms with Gasteiger partial charge in [-0.05, 0) is 0 Å². The zero-order valence-electron chi connectivity index (χ0n) is 5.77. The number of hydrogen-bond donors (Lipinski definition) is 0. The van der Waals surface area contributed by atoms with Gasteiger partial charge in [0.2, 0.25) is 0 Å². The molecule has 1 aliphatic rings. The number of nitrogens with zero attached hydrogens (tertiary/aromatic N) is 1. The van der Waals surface area contributed by atoms with Crippen LogP contribution >= 0.6 is 0 Å². The minimum absolute atomic E-state index is 0.146. The first-order valence-corrected chi connectivity index (χ1v) is 5.62. The van der Waals surface area contributed by atoms with Crippen molar-refractivity contribution in [1.82, 2.24) is 4.90 Å². The van der Waals surface area contributed by atoms with E-state index >= 15 is 0 Å². The van der Waals surface area contributed by atoms with E-state index in [-0.39, 0.29) is 21.2 Å². The van der Waals surface area contributed by atoms with Gasteiger partial charge in [-0.25, -0.2) is 0 Å². The Morgan fingerprint density at radius 3 is 2.67 bits per heavy atom. The molecule has 2 atom stereocenters. The average Bonchev–Trinajstić information content (AvgIpc) is 1.59. The first-order valence-electron chi connectivity index (χ1n) is 3.13. The summed E-state index contributed by atoms with van der Waals surface area (Å²) in [6.45, 7) is 3.93. The Labute approximate surface area is 65.9 Å². The molecule has 3 heteroatoms. The summed E-state index contributed by atoms with van der Waals surface area (Å²) < 4.78 is 12.9. The van der Waals surface area contributed by atoms with Crippen molar-refractivity contribution in [3.05, 3.63) is 0 Å². The molecule has 0 saturated carbocycles. The van der Waals surface area contributed by atoms with E-state index in [1.54, 1.807) is 0 Å². The Bertz CT molecular complexity index is 74.0. The monoisotopic (exact) mass is 244 g/mol. The van der Waals surface area contributed by atoms with Gasteiger partial charge in [0.1, 0.15) is 0 Å². The third-order valence-corrected chi connectivity index (χ3v) is 4.16. The van der Waals surface area contributed by atoms with Gasteiger partial charge in [0.25, 0.3) is 0 Å². The topological polar surface area (TPSA) is 3.24 Å². The van der Waals surface area contributed by atoms with Crippen LogP contribution in [0.15, 0.2) is 0 Å². The molecule has 1 heterocycles. The average molecular weight is 244 g/mol. The van der Waals surface area contributed by atoms with Crippen LogP contribution in [0.4, 0.5) is 4.39 Å². The van der Waals surface area contributed by atoms with Gasteiger partial charge in [0.15, 0.2) is 0 Å². The zero-order valence-corrected chi connectivity index (χ0v) is 7.93. The quantitative estimate of drug-likeness (QED) is 0.342. The molecule has 56 valence electrons. The Balaban J connectivity index is 2.34. The van der Waals surface area contributed by atoms with E-state index in [2.05, 4.69) is 11.8 Å². The second kappa shape index (κ2) is 3.14. The van der Waals surface area contributed by atoms with Gasteiger partial charge >= 0.3 is 65.7 Å². The van der Waals surface area contributed by atoms with Crippen molar-refractivity contribution in [3.63, 3.8) is 0 Å². The van der Waals surface area contributed by atoms with Crippen LogP contribution in [0.1, 0.15) is 6.92 Å². The Kier molecular flexibility index (Phi) is 2.70. The van der Waals surface area contributed by atoms with Crippen LogP contribution < -0.4 is 21.2 Å². The fourth-order valence-electron chi connectivity index (χ4n) is 1.05. The van der Waals surface area contributed by atoms with Crippen LogP contribution in [-0.2, 0) is 0 Å². The number of hydrogen-bond acceptors (Lipinski definition) is 1. The molecule has 0 aromatic carbocycles. The molecular formula is C6H12FIN-. The molecule has 0 N–H and O–H groups in total. The van der Waals surface area contributed by atoms with Crippen LogP contribution in [0.2, 0.25) is 0 Å². The van der Waals surface area contributed by atoms with Gasteiger partial charge in [-0.2, -0.15) is 0 Å². The Hall–Kier alpha value is 0.620. The molecule has 0 spiro atoms. The van der Waals surface area contributed by atoms with Crippen LogP contribution in [0.5, 0.6) is 0 Å². The van der Waals surface area contributed by atoms with Crippen molar-refractivity contribution < 1.29 is 25.6 Å². The molecule has 0 aromatic rings. The fourth-order valence-corrected chi connectivity index (χ4v) is 4.18. The van der Waals surface area contributed by atoms with Gasteiger partial charge < -0.3 is 0 Å². The van der Waals surface area contributed by atoms with E-state index in [4.69, 9.17) is 0 Å². The third kappa shape index (κ3) is 2.37. The van der Waals surface area contributed by atoms with E-state index in [0.29, 0.717) is 10.5 Å². The summed E-state index contributed by atoms with van der Waals surface area (Å²) in [6.07, 6.45) is 0. The molecule has 0 radical (unpaired) electrons. The summed E-state index contributed by atoms with van der Waals surface area (Å²) in [5.74, 6) is 0. The summed E-state index contributed by atoms with van der Waals surface area (Å²) in [7, 11) is 1.99. The van der Waals surface area contributed by atoms with Crippen molar-refractivity contribution >= 4 is 0 Å². The third-order valence-electron chi connectivity index (χ3n) is 1.36. The van der Waals surface area contributed by atoms with Crippen LogP contribution in [0.3, 0.4) is 0 Å². The normalized spacial score (nSPS) is 39.9. The molecule has 9 heavy (non-hydrogen) atoms. The molecule has 1 saturated heterocycles. The van der Waals surface area contributed by atoms with Gasteiger partial charge in [0.05, 0.1) is 0 Å². The predicted molar refractivity (Wildman–Crippen MR) is 31.9 cm³/mol. The van der Waals surface area contributed by atoms with Crippen LogP contribution in [0.25, 0.3) is 0 Å². The van der Waals surface area contributed by atoms with Gasteiger partial charge in [0, 0.05) is 0 Å². The zero-order chi connectivity index (χ0) is 6.85. The Morgan fingerprint density at radius 1 is 1.56 bits per heavy atom. The van der Waals surface area contributed by atoms with Crippen molar-refractivity contribution in [1.29, 1.82) is 0 Å². The second-order valence-electron chi connectivity index (χ2n) is 2.52. The van der Waals surface area contributed by atoms with Gasteiger partial charge in [-0.1, -0.05) is 0 Å². The first-order chi connectivity index (χ1) is 4.18. The van der Waals surface area contributed by atoms with Crippen molar-refractivity contribution in [2.75, 3.05) is 20.1 Å². The summed E-state index contributed by atoms with van der Waals surface area (Å²) >= 11 is -0.146. The first kappa shape index (κ1) is 7.72. The van der Waals surface area contributed by atoms with Gasteiger partial charge in [-0.15, -0.1) is 0 Å². The number of alkyl halides is 3. The summed E-state index contributed by atoms with van der Waals surface area (Å²) in [6, 6.07) is 0. The molecular weight excluding hydrogens is 232 g/mol. The van der Waals surface area contributed by atoms with E-state index < -0.39 is 4.18 Å². The number of rotatable bonds is 0. The molecule has 0 unspecified atom stereocenters. The molecule has 0 aliphatic carbocycles. The summed E-state index contributed by atoms with van der Waals surface area (Å²) in [5.41, 5.74) is 0. The maximum atomic E-state index is 12.7. The molecule has 0 bridgehead atoms. The Morgan fingerprint density at radius 2 is 2.22 bits per heavy atom. The van der Waals surface area contributed by atoms with Crippen molar-refractivity contribution in [2.24, 2.45) is 0 Å². The number of halogens is 2. The van der Waals surface area contributed by atoms with Crippen molar-refractivity contribution in [2.45, 2.75) is 15.0 Å². The van der Waals surface area contributed by atoms with Crippen LogP contribution in [0, 0.1) is 0 Å². The fraction of sp³-hybridized carbons (Fsp3) is 1.00. The molecule has 1 rings (SSSR count). The maximum absolute atomic E-state index is 12.7. The molecule has 1 nitrogen and oxygen atoms in total. The SMILES string of the molecule is C[C@H]1CN(C)C[C@H](F)[I-]1. The van der Waals surface area contributed by atoms with E-state index in [1.807, 2.05) is 7.05 Å². The van der Waals surface area contributed by atoms with Gasteiger partial charge in [-0.3, -0.25) is 0 Å². The second-order valence-corrected chi connectivity index (χ2v) is 6.72. The van der Waals surface area contributed by atoms with Crippen LogP contribution in [-0.4, -0.2) is 33.1 Å². The molecule has 0 amide bonds. The minimum atomic E-state index is -0.474. The molecule has 1 aliphatic heterocycles. The molecule has 0 aromatic heterocycles. The van der Waals surface area contributed by atoms with E-state index in [1.165, 1.54) is 0 Å². The summed E-state index contributed by atoms with van der Waals surface area (Å²) in [5, 5.41) is 0. The molecule has 1 fully saturated rings. The predicted octanol–water partition coefficient (Wildman–Crippen LogP) is -2.30. The van der Waals surface area contributed by atoms with E-state index in [9.17, 15) is 4.39 Å². The van der Waals surface area contributed by atoms with Crippen molar-refractivity contribution in [3.8, 4) is 0 Å². The standard InChI is InChI=1S/C6H12FIN/c1-5-3-9(2)4-6(7)8-5/h5-6H,3-4H2,1-2H3/q-1/t5-,6+/m0/s1. The van der Waals surface area contributed by atoms with E-state index in [0.717, 1.165) is 6.54 Å².